The Balaban J connectivity index is 5.28. The molecule has 0 bridgehead atoms. The van der Waals surface area contributed by atoms with Crippen molar-refractivity contribution in [2.45, 2.75) is 122 Å². The summed E-state index contributed by atoms with van der Waals surface area (Å²) in [6.45, 7) is 33.3. The molecule has 1 unspecified atom stereocenters. The molecule has 0 heteroatoms. The number of hydrogen-bond donors (Lipinski definition) is 0. The van der Waals surface area contributed by atoms with Crippen molar-refractivity contribution in [3.8, 4) is 0 Å². The van der Waals surface area contributed by atoms with E-state index in [0.29, 0.717) is 16.2 Å². The van der Waals surface area contributed by atoms with E-state index in [-0.39, 0.29) is 10.8 Å². The zero-order valence-electron chi connectivity index (χ0n) is 19.9. The molecule has 0 aromatic rings. The van der Waals surface area contributed by atoms with E-state index in [9.17, 15) is 0 Å². The predicted molar refractivity (Wildman–Crippen MR) is 117 cm³/mol. The minimum Gasteiger partial charge on any atom is -0.0996 e. The van der Waals surface area contributed by atoms with Gasteiger partial charge in [-0.3, -0.25) is 0 Å². The van der Waals surface area contributed by atoms with Crippen LogP contribution in [0.1, 0.15) is 122 Å². The lowest BCUT2D eigenvalue weighted by Gasteiger charge is -2.53. The lowest BCUT2D eigenvalue weighted by Crippen LogP contribution is -2.44. The molecule has 0 rings (SSSR count). The van der Waals surface area contributed by atoms with Crippen molar-refractivity contribution in [1.29, 1.82) is 0 Å². The summed E-state index contributed by atoms with van der Waals surface area (Å²) < 4.78 is 0. The standard InChI is InChI=1S/C25H50/c1-14-21(5,6)17-16-18-22(7,8)23(9,10)19-25(13,15-2)24(11,12)20(3)4/h3,14-19H2,1-2,4-13H3. The fourth-order valence-corrected chi connectivity index (χ4v) is 4.04. The van der Waals surface area contributed by atoms with Crippen molar-refractivity contribution in [3.63, 3.8) is 0 Å². The first kappa shape index (κ1) is 24.7. The van der Waals surface area contributed by atoms with Crippen LogP contribution in [0.4, 0.5) is 0 Å². The van der Waals surface area contributed by atoms with Crippen LogP contribution in [0.5, 0.6) is 0 Å². The van der Waals surface area contributed by atoms with Gasteiger partial charge in [0.2, 0.25) is 0 Å². The molecule has 0 aromatic carbocycles. The van der Waals surface area contributed by atoms with Crippen molar-refractivity contribution in [3.05, 3.63) is 12.2 Å². The Morgan fingerprint density at radius 1 is 0.720 bits per heavy atom. The van der Waals surface area contributed by atoms with Crippen LogP contribution in [0.3, 0.4) is 0 Å². The molecule has 150 valence electrons. The van der Waals surface area contributed by atoms with E-state index < -0.39 is 0 Å². The van der Waals surface area contributed by atoms with Crippen molar-refractivity contribution in [2.24, 2.45) is 27.1 Å². The van der Waals surface area contributed by atoms with E-state index in [1.165, 1.54) is 44.1 Å². The molecule has 0 aromatic heterocycles. The minimum atomic E-state index is 0.166. The maximum absolute atomic E-state index is 4.32. The van der Waals surface area contributed by atoms with E-state index >= 15 is 0 Å². The van der Waals surface area contributed by atoms with Gasteiger partial charge in [0.05, 0.1) is 0 Å². The predicted octanol–water partition coefficient (Wildman–Crippen LogP) is 9.05. The van der Waals surface area contributed by atoms with Crippen LogP contribution in [-0.4, -0.2) is 0 Å². The second kappa shape index (κ2) is 8.18. The quantitative estimate of drug-likeness (QED) is 0.326. The van der Waals surface area contributed by atoms with Gasteiger partial charge in [0.1, 0.15) is 0 Å². The molecule has 1 atom stereocenters. The van der Waals surface area contributed by atoms with Gasteiger partial charge >= 0.3 is 0 Å². The van der Waals surface area contributed by atoms with Crippen LogP contribution in [0, 0.1) is 27.1 Å². The van der Waals surface area contributed by atoms with Gasteiger partial charge in [0, 0.05) is 0 Å². The van der Waals surface area contributed by atoms with Crippen LogP contribution >= 0.6 is 0 Å². The SMILES string of the molecule is C=C(C)C(C)(C)C(C)(CC)CC(C)(C)C(C)(C)CCCC(C)(C)CC. The molecule has 25 heavy (non-hydrogen) atoms. The topological polar surface area (TPSA) is 0 Å². The third-order valence-corrected chi connectivity index (χ3v) is 8.63. The molecule has 0 spiro atoms. The molecular weight excluding hydrogens is 300 g/mol. The highest BCUT2D eigenvalue weighted by Crippen LogP contribution is 2.57. The Hall–Kier alpha value is -0.260. The first-order valence-corrected chi connectivity index (χ1v) is 10.6. The van der Waals surface area contributed by atoms with Gasteiger partial charge in [-0.15, -0.1) is 0 Å². The summed E-state index contributed by atoms with van der Waals surface area (Å²) in [6.07, 6.45) is 7.72. The summed E-state index contributed by atoms with van der Waals surface area (Å²) in [5.74, 6) is 0. The van der Waals surface area contributed by atoms with Gasteiger partial charge in [0.25, 0.3) is 0 Å². The molecule has 0 heterocycles. The molecule has 0 N–H and O–H groups in total. The maximum Gasteiger partial charge on any atom is -0.00963 e. The number of rotatable bonds is 11. The molecule has 0 aliphatic carbocycles. The fourth-order valence-electron chi connectivity index (χ4n) is 4.04. The average Bonchev–Trinajstić information content (AvgIpc) is 2.45. The molecule has 0 aliphatic rings. The van der Waals surface area contributed by atoms with Crippen molar-refractivity contribution >= 4 is 0 Å². The highest BCUT2D eigenvalue weighted by molar-refractivity contribution is 5.11. The molecule has 0 saturated heterocycles. The Morgan fingerprint density at radius 3 is 1.56 bits per heavy atom. The van der Waals surface area contributed by atoms with E-state index in [0.717, 1.165) is 0 Å². The van der Waals surface area contributed by atoms with Crippen molar-refractivity contribution in [2.75, 3.05) is 0 Å². The van der Waals surface area contributed by atoms with E-state index in [4.69, 9.17) is 0 Å². The van der Waals surface area contributed by atoms with E-state index in [1.807, 2.05) is 0 Å². The summed E-state index contributed by atoms with van der Waals surface area (Å²) in [5, 5.41) is 0. The van der Waals surface area contributed by atoms with Gasteiger partial charge in [0.15, 0.2) is 0 Å². The van der Waals surface area contributed by atoms with Crippen LogP contribution in [0.25, 0.3) is 0 Å². The molecule has 0 fully saturated rings. The zero-order chi connectivity index (χ0) is 20.3. The molecule has 0 nitrogen and oxygen atoms in total. The number of hydrogen-bond acceptors (Lipinski definition) is 0. The Bertz CT molecular complexity index is 433. The van der Waals surface area contributed by atoms with Gasteiger partial charge in [-0.2, -0.15) is 0 Å². The fraction of sp³-hybridized carbons (Fsp3) is 0.920. The second-order valence-corrected chi connectivity index (χ2v) is 11.6. The van der Waals surface area contributed by atoms with Gasteiger partial charge in [-0.05, 0) is 59.7 Å². The third-order valence-electron chi connectivity index (χ3n) is 8.63. The van der Waals surface area contributed by atoms with Crippen molar-refractivity contribution < 1.29 is 0 Å². The number of allylic oxidation sites excluding steroid dienone is 1. The summed E-state index contributed by atoms with van der Waals surface area (Å²) in [5.41, 5.74) is 2.90. The first-order valence-electron chi connectivity index (χ1n) is 10.6. The highest BCUT2D eigenvalue weighted by atomic mass is 14.5. The average molecular weight is 351 g/mol. The second-order valence-electron chi connectivity index (χ2n) is 11.6. The summed E-state index contributed by atoms with van der Waals surface area (Å²) in [6, 6.07) is 0. The van der Waals surface area contributed by atoms with Crippen LogP contribution in [0.15, 0.2) is 12.2 Å². The monoisotopic (exact) mass is 350 g/mol. The van der Waals surface area contributed by atoms with Gasteiger partial charge in [-0.25, -0.2) is 0 Å². The van der Waals surface area contributed by atoms with Gasteiger partial charge in [-0.1, -0.05) is 101 Å². The zero-order valence-corrected chi connectivity index (χ0v) is 19.9. The first-order chi connectivity index (χ1) is 11.0. The third kappa shape index (κ3) is 5.86. The van der Waals surface area contributed by atoms with Crippen molar-refractivity contribution in [1.82, 2.24) is 0 Å². The molecular formula is C25H50. The van der Waals surface area contributed by atoms with E-state index in [1.54, 1.807) is 0 Å². The normalized spacial score (nSPS) is 16.6. The molecule has 0 saturated carbocycles. The van der Waals surface area contributed by atoms with Gasteiger partial charge < -0.3 is 0 Å². The minimum absolute atomic E-state index is 0.166. The molecule has 0 aliphatic heterocycles. The maximum atomic E-state index is 4.32. The van der Waals surface area contributed by atoms with Crippen LogP contribution < -0.4 is 0 Å². The smallest absolute Gasteiger partial charge is 0.00963 e. The molecule has 0 amide bonds. The Labute approximate surface area is 161 Å². The summed E-state index contributed by atoms with van der Waals surface area (Å²) in [4.78, 5) is 0. The summed E-state index contributed by atoms with van der Waals surface area (Å²) >= 11 is 0. The lowest BCUT2D eigenvalue weighted by atomic mass is 9.52. The van der Waals surface area contributed by atoms with Crippen LogP contribution in [0.2, 0.25) is 0 Å². The molecule has 0 radical (unpaired) electrons. The lowest BCUT2D eigenvalue weighted by molar-refractivity contribution is -0.0102. The van der Waals surface area contributed by atoms with Crippen LogP contribution in [-0.2, 0) is 0 Å². The Morgan fingerprint density at radius 2 is 1.20 bits per heavy atom. The largest absolute Gasteiger partial charge is 0.0996 e. The summed E-state index contributed by atoms with van der Waals surface area (Å²) in [7, 11) is 0. The Kier molecular flexibility index (Phi) is 8.09. The van der Waals surface area contributed by atoms with E-state index in [2.05, 4.69) is 89.7 Å². The highest BCUT2D eigenvalue weighted by Gasteiger charge is 2.47.